The second-order valence-corrected chi connectivity index (χ2v) is 2.54. The van der Waals surface area contributed by atoms with Crippen LogP contribution in [0, 0.1) is 12.3 Å². The summed E-state index contributed by atoms with van der Waals surface area (Å²) in [5.74, 6) is 2.50. The predicted octanol–water partition coefficient (Wildman–Crippen LogP) is 1.53. The SMILES string of the molecule is C#C/C=C\c1cc(O)ccc1CO. The van der Waals surface area contributed by atoms with Crippen LogP contribution in [0.25, 0.3) is 6.08 Å². The maximum Gasteiger partial charge on any atom is 0.116 e. The molecule has 13 heavy (non-hydrogen) atoms. The van der Waals surface area contributed by atoms with E-state index in [1.165, 1.54) is 12.1 Å². The number of phenolic OH excluding ortho intramolecular Hbond substituents is 1. The van der Waals surface area contributed by atoms with Gasteiger partial charge in [0.25, 0.3) is 0 Å². The monoisotopic (exact) mass is 174 g/mol. The molecule has 0 saturated heterocycles. The van der Waals surface area contributed by atoms with Crippen molar-refractivity contribution in [1.29, 1.82) is 0 Å². The predicted molar refractivity (Wildman–Crippen MR) is 51.9 cm³/mol. The number of aliphatic hydroxyl groups is 1. The Kier molecular flexibility index (Phi) is 3.13. The molecule has 0 spiro atoms. The largest absolute Gasteiger partial charge is 0.508 e. The van der Waals surface area contributed by atoms with Crippen LogP contribution in [0.5, 0.6) is 5.75 Å². The van der Waals surface area contributed by atoms with Gasteiger partial charge in [-0.15, -0.1) is 6.42 Å². The van der Waals surface area contributed by atoms with E-state index in [4.69, 9.17) is 16.6 Å². The third kappa shape index (κ3) is 2.36. The summed E-state index contributed by atoms with van der Waals surface area (Å²) in [5, 5.41) is 18.1. The van der Waals surface area contributed by atoms with Gasteiger partial charge in [-0.05, 0) is 35.4 Å². The molecule has 1 aromatic rings. The van der Waals surface area contributed by atoms with E-state index in [1.807, 2.05) is 0 Å². The minimum atomic E-state index is -0.0650. The Morgan fingerprint density at radius 2 is 2.23 bits per heavy atom. The molecule has 0 heterocycles. The quantitative estimate of drug-likeness (QED) is 0.667. The van der Waals surface area contributed by atoms with Gasteiger partial charge < -0.3 is 10.2 Å². The molecule has 1 aromatic carbocycles. The molecule has 66 valence electrons. The first kappa shape index (κ1) is 9.37. The van der Waals surface area contributed by atoms with Crippen LogP contribution in [0.1, 0.15) is 11.1 Å². The molecule has 0 fully saturated rings. The molecule has 0 aliphatic carbocycles. The van der Waals surface area contributed by atoms with Gasteiger partial charge in [-0.1, -0.05) is 12.0 Å². The van der Waals surface area contributed by atoms with Crippen molar-refractivity contribution < 1.29 is 10.2 Å². The fourth-order valence-corrected chi connectivity index (χ4v) is 1.02. The van der Waals surface area contributed by atoms with Gasteiger partial charge in [0.2, 0.25) is 0 Å². The summed E-state index contributed by atoms with van der Waals surface area (Å²) in [6.07, 6.45) is 8.24. The first-order chi connectivity index (χ1) is 6.27. The van der Waals surface area contributed by atoms with Crippen LogP contribution in [-0.4, -0.2) is 10.2 Å². The standard InChI is InChI=1S/C11H10O2/c1-2-3-4-9-7-11(13)6-5-10(9)8-12/h1,3-7,12-13H,8H2/b4-3-. The molecule has 0 aromatic heterocycles. The van der Waals surface area contributed by atoms with Gasteiger partial charge in [0.1, 0.15) is 5.75 Å². The summed E-state index contributed by atoms with van der Waals surface area (Å²) in [4.78, 5) is 0. The molecule has 2 N–H and O–H groups in total. The van der Waals surface area contributed by atoms with Crippen LogP contribution in [-0.2, 0) is 6.61 Å². The second kappa shape index (κ2) is 4.34. The number of aromatic hydroxyl groups is 1. The van der Waals surface area contributed by atoms with Crippen LogP contribution in [0.2, 0.25) is 0 Å². The van der Waals surface area contributed by atoms with Gasteiger partial charge in [-0.3, -0.25) is 0 Å². The molecule has 0 saturated carbocycles. The lowest BCUT2D eigenvalue weighted by Gasteiger charge is -2.02. The minimum absolute atomic E-state index is 0.0650. The van der Waals surface area contributed by atoms with Crippen LogP contribution in [0.4, 0.5) is 0 Å². The van der Waals surface area contributed by atoms with E-state index in [2.05, 4.69) is 5.92 Å². The first-order valence-electron chi connectivity index (χ1n) is 3.83. The molecular formula is C11H10O2. The lowest BCUT2D eigenvalue weighted by atomic mass is 10.1. The number of phenols is 1. The Morgan fingerprint density at radius 3 is 2.85 bits per heavy atom. The van der Waals surface area contributed by atoms with E-state index < -0.39 is 0 Å². The first-order valence-corrected chi connectivity index (χ1v) is 3.83. The smallest absolute Gasteiger partial charge is 0.116 e. The zero-order chi connectivity index (χ0) is 9.68. The van der Waals surface area contributed by atoms with E-state index in [0.29, 0.717) is 0 Å². The molecule has 0 aliphatic rings. The molecule has 2 heteroatoms. The van der Waals surface area contributed by atoms with E-state index in [0.717, 1.165) is 11.1 Å². The number of allylic oxidation sites excluding steroid dienone is 1. The van der Waals surface area contributed by atoms with Crippen molar-refractivity contribution in [1.82, 2.24) is 0 Å². The van der Waals surface area contributed by atoms with Gasteiger partial charge in [0.15, 0.2) is 0 Å². The normalized spacial score (nSPS) is 10.2. The van der Waals surface area contributed by atoms with Gasteiger partial charge in [-0.2, -0.15) is 0 Å². The van der Waals surface area contributed by atoms with Gasteiger partial charge >= 0.3 is 0 Å². The topological polar surface area (TPSA) is 40.5 Å². The molecule has 0 aliphatic heterocycles. The summed E-state index contributed by atoms with van der Waals surface area (Å²) in [7, 11) is 0. The van der Waals surface area contributed by atoms with Crippen LogP contribution < -0.4 is 0 Å². The Labute approximate surface area is 77.2 Å². The zero-order valence-corrected chi connectivity index (χ0v) is 7.07. The highest BCUT2D eigenvalue weighted by Gasteiger charge is 1.98. The zero-order valence-electron chi connectivity index (χ0n) is 7.07. The van der Waals surface area contributed by atoms with E-state index in [-0.39, 0.29) is 12.4 Å². The Hall–Kier alpha value is -1.72. The van der Waals surface area contributed by atoms with E-state index in [1.54, 1.807) is 18.2 Å². The highest BCUT2D eigenvalue weighted by atomic mass is 16.3. The molecule has 0 bridgehead atoms. The number of hydrogen-bond donors (Lipinski definition) is 2. The Balaban J connectivity index is 3.10. The van der Waals surface area contributed by atoms with Crippen molar-refractivity contribution in [3.8, 4) is 18.1 Å². The highest BCUT2D eigenvalue weighted by Crippen LogP contribution is 2.17. The van der Waals surface area contributed by atoms with Crippen molar-refractivity contribution in [2.45, 2.75) is 6.61 Å². The lowest BCUT2D eigenvalue weighted by molar-refractivity contribution is 0.281. The summed E-state index contributed by atoms with van der Waals surface area (Å²) in [5.41, 5.74) is 1.48. The summed E-state index contributed by atoms with van der Waals surface area (Å²) < 4.78 is 0. The Bertz CT molecular complexity index is 359. The minimum Gasteiger partial charge on any atom is -0.508 e. The van der Waals surface area contributed by atoms with Crippen LogP contribution >= 0.6 is 0 Å². The van der Waals surface area contributed by atoms with E-state index >= 15 is 0 Å². The van der Waals surface area contributed by atoms with Crippen molar-refractivity contribution in [2.24, 2.45) is 0 Å². The van der Waals surface area contributed by atoms with Crippen LogP contribution in [0.15, 0.2) is 24.3 Å². The highest BCUT2D eigenvalue weighted by molar-refractivity contribution is 5.58. The third-order valence-corrected chi connectivity index (χ3v) is 1.66. The molecule has 1 rings (SSSR count). The number of hydrogen-bond acceptors (Lipinski definition) is 2. The lowest BCUT2D eigenvalue weighted by Crippen LogP contribution is -1.87. The molecule has 0 radical (unpaired) electrons. The van der Waals surface area contributed by atoms with E-state index in [9.17, 15) is 0 Å². The summed E-state index contributed by atoms with van der Waals surface area (Å²) >= 11 is 0. The van der Waals surface area contributed by atoms with Crippen molar-refractivity contribution in [3.05, 3.63) is 35.4 Å². The number of rotatable bonds is 2. The number of aliphatic hydroxyl groups excluding tert-OH is 1. The number of terminal acetylenes is 1. The van der Waals surface area contributed by atoms with Crippen molar-refractivity contribution >= 4 is 6.08 Å². The van der Waals surface area contributed by atoms with Gasteiger partial charge in [-0.25, -0.2) is 0 Å². The average molecular weight is 174 g/mol. The maximum atomic E-state index is 9.17. The fraction of sp³-hybridized carbons (Fsp3) is 0.0909. The molecule has 2 nitrogen and oxygen atoms in total. The third-order valence-electron chi connectivity index (χ3n) is 1.66. The molecule has 0 amide bonds. The molecular weight excluding hydrogens is 164 g/mol. The summed E-state index contributed by atoms with van der Waals surface area (Å²) in [6.45, 7) is -0.0650. The van der Waals surface area contributed by atoms with Crippen molar-refractivity contribution in [3.63, 3.8) is 0 Å². The molecule has 0 atom stereocenters. The molecule has 0 unspecified atom stereocenters. The Morgan fingerprint density at radius 1 is 1.46 bits per heavy atom. The second-order valence-electron chi connectivity index (χ2n) is 2.54. The van der Waals surface area contributed by atoms with Crippen molar-refractivity contribution in [2.75, 3.05) is 0 Å². The number of benzene rings is 1. The average Bonchev–Trinajstić information content (AvgIpc) is 2.15. The van der Waals surface area contributed by atoms with Gasteiger partial charge in [0, 0.05) is 0 Å². The fourth-order valence-electron chi connectivity index (χ4n) is 1.02. The van der Waals surface area contributed by atoms with Crippen LogP contribution in [0.3, 0.4) is 0 Å². The maximum absolute atomic E-state index is 9.17. The van der Waals surface area contributed by atoms with Gasteiger partial charge in [0.05, 0.1) is 6.61 Å². The summed E-state index contributed by atoms with van der Waals surface area (Å²) in [6, 6.07) is 4.74.